The molecule has 142 valence electrons. The molecule has 0 aliphatic rings. The number of benzene rings is 2. The lowest BCUT2D eigenvalue weighted by atomic mass is 10.1. The third-order valence-electron chi connectivity index (χ3n) is 4.52. The van der Waals surface area contributed by atoms with Gasteiger partial charge in [0.1, 0.15) is 17.9 Å². The molecule has 0 aliphatic heterocycles. The SMILES string of the molecule is COc1cc(C(F)(F)F)c[n+]2cc3ccc(OCc4ccccc4)cc3cc12. The number of methoxy groups -OCH3 is 1. The Kier molecular flexibility index (Phi) is 4.55. The van der Waals surface area contributed by atoms with Crippen molar-refractivity contribution >= 4 is 16.3 Å². The molecule has 3 nitrogen and oxygen atoms in total. The van der Waals surface area contributed by atoms with Crippen LogP contribution in [0.25, 0.3) is 16.3 Å². The summed E-state index contributed by atoms with van der Waals surface area (Å²) in [6, 6.07) is 18.1. The highest BCUT2D eigenvalue weighted by molar-refractivity contribution is 5.86. The largest absolute Gasteiger partial charge is 0.490 e. The van der Waals surface area contributed by atoms with Gasteiger partial charge in [-0.25, -0.2) is 0 Å². The molecule has 0 unspecified atom stereocenters. The summed E-state index contributed by atoms with van der Waals surface area (Å²) in [5.41, 5.74) is 0.838. The first-order valence-corrected chi connectivity index (χ1v) is 8.65. The molecule has 0 spiro atoms. The van der Waals surface area contributed by atoms with Crippen LogP contribution in [0.15, 0.2) is 73.1 Å². The summed E-state index contributed by atoms with van der Waals surface area (Å²) in [4.78, 5) is 0. The Labute approximate surface area is 159 Å². The number of pyridine rings is 2. The van der Waals surface area contributed by atoms with Crippen LogP contribution >= 0.6 is 0 Å². The molecule has 0 radical (unpaired) electrons. The number of alkyl halides is 3. The minimum atomic E-state index is -4.45. The molecule has 2 aromatic heterocycles. The highest BCUT2D eigenvalue weighted by Crippen LogP contribution is 2.32. The summed E-state index contributed by atoms with van der Waals surface area (Å²) < 4.78 is 51.9. The zero-order chi connectivity index (χ0) is 19.7. The highest BCUT2D eigenvalue weighted by Gasteiger charge is 2.34. The highest BCUT2D eigenvalue weighted by atomic mass is 19.4. The van der Waals surface area contributed by atoms with E-state index in [4.69, 9.17) is 9.47 Å². The number of halogens is 3. The molecular formula is C22H17F3NO2+. The Balaban J connectivity index is 1.74. The van der Waals surface area contributed by atoms with Gasteiger partial charge in [0.2, 0.25) is 0 Å². The number of ether oxygens (including phenoxy) is 2. The van der Waals surface area contributed by atoms with E-state index in [9.17, 15) is 13.2 Å². The lowest BCUT2D eigenvalue weighted by molar-refractivity contribution is -0.512. The van der Waals surface area contributed by atoms with Gasteiger partial charge < -0.3 is 9.47 Å². The fourth-order valence-electron chi connectivity index (χ4n) is 3.09. The fourth-order valence-corrected chi connectivity index (χ4v) is 3.09. The minimum Gasteiger partial charge on any atom is -0.490 e. The van der Waals surface area contributed by atoms with Crippen molar-refractivity contribution in [2.24, 2.45) is 0 Å². The molecule has 4 aromatic rings. The van der Waals surface area contributed by atoms with Gasteiger partial charge in [-0.1, -0.05) is 30.3 Å². The van der Waals surface area contributed by atoms with Crippen LogP contribution in [0.4, 0.5) is 13.2 Å². The second-order valence-electron chi connectivity index (χ2n) is 6.43. The van der Waals surface area contributed by atoms with Crippen LogP contribution in [0, 0.1) is 0 Å². The van der Waals surface area contributed by atoms with Crippen molar-refractivity contribution in [2.45, 2.75) is 12.8 Å². The summed E-state index contributed by atoms with van der Waals surface area (Å²) in [5.74, 6) is 0.846. The van der Waals surface area contributed by atoms with Crippen LogP contribution in [0.3, 0.4) is 0 Å². The van der Waals surface area contributed by atoms with Crippen LogP contribution in [-0.4, -0.2) is 7.11 Å². The monoisotopic (exact) mass is 384 g/mol. The molecule has 0 fully saturated rings. The Bertz CT molecular complexity index is 1140. The van der Waals surface area contributed by atoms with E-state index >= 15 is 0 Å². The standard InChI is InChI=1S/C22H17F3NO2/c1-27-21-11-18(22(23,24)25)13-26-12-16-7-8-19(9-17(16)10-20(21)26)28-14-15-5-3-2-4-6-15/h2-13H,14H2,1H3/q+1. The second-order valence-corrected chi connectivity index (χ2v) is 6.43. The fraction of sp³-hybridized carbons (Fsp3) is 0.136. The van der Waals surface area contributed by atoms with E-state index in [1.165, 1.54) is 11.5 Å². The molecule has 0 amide bonds. The molecule has 2 aromatic carbocycles. The number of hydrogen-bond donors (Lipinski definition) is 0. The van der Waals surface area contributed by atoms with Crippen molar-refractivity contribution in [1.29, 1.82) is 0 Å². The molecule has 2 heterocycles. The van der Waals surface area contributed by atoms with E-state index in [-0.39, 0.29) is 5.75 Å². The van der Waals surface area contributed by atoms with E-state index < -0.39 is 11.7 Å². The van der Waals surface area contributed by atoms with Crippen molar-refractivity contribution < 1.29 is 27.0 Å². The Morgan fingerprint density at radius 2 is 1.68 bits per heavy atom. The molecule has 0 bridgehead atoms. The Morgan fingerprint density at radius 3 is 2.39 bits per heavy atom. The van der Waals surface area contributed by atoms with Crippen LogP contribution in [-0.2, 0) is 12.8 Å². The van der Waals surface area contributed by atoms with Gasteiger partial charge >= 0.3 is 6.18 Å². The Hall–Kier alpha value is -3.28. The summed E-state index contributed by atoms with van der Waals surface area (Å²) in [6.07, 6.45) is -1.72. The molecule has 0 N–H and O–H groups in total. The van der Waals surface area contributed by atoms with Gasteiger partial charge in [-0.2, -0.15) is 17.6 Å². The van der Waals surface area contributed by atoms with Crippen molar-refractivity contribution in [2.75, 3.05) is 7.11 Å². The third kappa shape index (κ3) is 3.58. The first kappa shape index (κ1) is 18.1. The maximum atomic E-state index is 13.1. The quantitative estimate of drug-likeness (QED) is 0.357. The number of fused-ring (bicyclic) bond motifs is 2. The van der Waals surface area contributed by atoms with Crippen LogP contribution in [0.5, 0.6) is 11.5 Å². The molecule has 0 saturated heterocycles. The number of aromatic nitrogens is 1. The smallest absolute Gasteiger partial charge is 0.422 e. The molecule has 0 saturated carbocycles. The van der Waals surface area contributed by atoms with Gasteiger partial charge in [0.05, 0.1) is 7.11 Å². The third-order valence-corrected chi connectivity index (χ3v) is 4.52. The summed E-state index contributed by atoms with van der Waals surface area (Å²) in [7, 11) is 1.36. The van der Waals surface area contributed by atoms with Crippen LogP contribution < -0.4 is 13.9 Å². The number of hydrogen-bond acceptors (Lipinski definition) is 2. The minimum absolute atomic E-state index is 0.160. The number of rotatable bonds is 4. The van der Waals surface area contributed by atoms with Gasteiger partial charge in [-0.3, -0.25) is 0 Å². The lowest BCUT2D eigenvalue weighted by Gasteiger charge is -2.09. The van der Waals surface area contributed by atoms with E-state index in [0.717, 1.165) is 28.6 Å². The maximum Gasteiger partial charge on any atom is 0.422 e. The molecule has 6 heteroatoms. The summed E-state index contributed by atoms with van der Waals surface area (Å²) >= 11 is 0. The predicted octanol–water partition coefficient (Wildman–Crippen LogP) is 5.18. The van der Waals surface area contributed by atoms with Gasteiger partial charge in [0.25, 0.3) is 5.52 Å². The zero-order valence-electron chi connectivity index (χ0n) is 15.0. The first-order valence-electron chi connectivity index (χ1n) is 8.65. The molecule has 0 aliphatic carbocycles. The van der Waals surface area contributed by atoms with Crippen molar-refractivity contribution in [3.63, 3.8) is 0 Å². The average Bonchev–Trinajstić information content (AvgIpc) is 2.70. The second kappa shape index (κ2) is 7.03. The van der Waals surface area contributed by atoms with Crippen LogP contribution in [0.1, 0.15) is 11.1 Å². The molecule has 4 rings (SSSR count). The topological polar surface area (TPSA) is 22.6 Å². The maximum absolute atomic E-state index is 13.1. The first-order chi connectivity index (χ1) is 13.4. The lowest BCUT2D eigenvalue weighted by Crippen LogP contribution is -2.24. The normalized spacial score (nSPS) is 11.7. The molecule has 28 heavy (non-hydrogen) atoms. The van der Waals surface area contributed by atoms with Crippen molar-refractivity contribution in [1.82, 2.24) is 0 Å². The van der Waals surface area contributed by atoms with E-state index in [2.05, 4.69) is 0 Å². The molecule has 0 atom stereocenters. The van der Waals surface area contributed by atoms with E-state index in [1.807, 2.05) is 48.5 Å². The van der Waals surface area contributed by atoms with Crippen molar-refractivity contribution in [3.05, 3.63) is 84.2 Å². The van der Waals surface area contributed by atoms with Gasteiger partial charge in [-0.15, -0.1) is 0 Å². The predicted molar refractivity (Wildman–Crippen MR) is 99.4 cm³/mol. The Morgan fingerprint density at radius 1 is 0.893 bits per heavy atom. The van der Waals surface area contributed by atoms with Gasteiger partial charge in [-0.05, 0) is 29.1 Å². The number of nitrogens with zero attached hydrogens (tertiary/aromatic N) is 1. The zero-order valence-corrected chi connectivity index (χ0v) is 15.0. The van der Waals surface area contributed by atoms with Gasteiger partial charge in [0, 0.05) is 17.5 Å². The summed E-state index contributed by atoms with van der Waals surface area (Å²) in [5, 5.41) is 1.65. The van der Waals surface area contributed by atoms with Crippen LogP contribution in [0.2, 0.25) is 0 Å². The molecular weight excluding hydrogens is 367 g/mol. The summed E-state index contributed by atoms with van der Waals surface area (Å²) in [6.45, 7) is 0.437. The van der Waals surface area contributed by atoms with E-state index in [0.29, 0.717) is 17.9 Å². The van der Waals surface area contributed by atoms with Gasteiger partial charge in [0.15, 0.2) is 18.1 Å². The van der Waals surface area contributed by atoms with Crippen molar-refractivity contribution in [3.8, 4) is 11.5 Å². The average molecular weight is 384 g/mol. The van der Waals surface area contributed by atoms with E-state index in [1.54, 1.807) is 12.3 Å².